The highest BCUT2D eigenvalue weighted by atomic mass is 19.3. The van der Waals surface area contributed by atoms with E-state index in [2.05, 4.69) is 10.3 Å². The number of carbonyl (C=O) groups excluding carboxylic acids is 2. The molecule has 0 saturated heterocycles. The number of nitrogens with zero attached hydrogens (tertiary/aromatic N) is 1. The molecule has 1 N–H and O–H groups in total. The largest absolute Gasteiger partial charge is 0.493 e. The third kappa shape index (κ3) is 3.43. The van der Waals surface area contributed by atoms with E-state index in [0.717, 1.165) is 13.2 Å². The summed E-state index contributed by atoms with van der Waals surface area (Å²) in [4.78, 5) is 29.0. The van der Waals surface area contributed by atoms with Gasteiger partial charge in [0.25, 0.3) is 5.92 Å². The lowest BCUT2D eigenvalue weighted by Gasteiger charge is -2.47. The average molecular weight is 450 g/mol. The number of aromatic nitrogens is 1. The number of anilines is 1. The van der Waals surface area contributed by atoms with Crippen LogP contribution in [0.4, 0.5) is 23.2 Å². The van der Waals surface area contributed by atoms with Crippen molar-refractivity contribution < 1.29 is 31.9 Å². The van der Waals surface area contributed by atoms with E-state index in [1.54, 1.807) is 0 Å². The molecule has 2 aliphatic rings. The maximum Gasteiger partial charge on any atom is 0.253 e. The summed E-state index contributed by atoms with van der Waals surface area (Å²) in [5, 5.41) is 2.66. The van der Waals surface area contributed by atoms with Gasteiger partial charge < -0.3 is 10.1 Å². The summed E-state index contributed by atoms with van der Waals surface area (Å²) in [7, 11) is 1.16. The van der Waals surface area contributed by atoms with E-state index in [1.165, 1.54) is 31.5 Å². The fourth-order valence-corrected chi connectivity index (χ4v) is 5.04. The second kappa shape index (κ2) is 7.86. The van der Waals surface area contributed by atoms with Crippen LogP contribution in [0.2, 0.25) is 0 Å². The number of ketones is 1. The number of hydrogen-bond donors (Lipinski definition) is 1. The zero-order valence-electron chi connectivity index (χ0n) is 17.6. The second-order valence-corrected chi connectivity index (χ2v) is 8.56. The molecule has 2 fully saturated rings. The predicted octanol–water partition coefficient (Wildman–Crippen LogP) is 5.12. The van der Waals surface area contributed by atoms with Crippen LogP contribution in [0.25, 0.3) is 0 Å². The molecular formula is C23H22F4N2O3. The minimum atomic E-state index is -2.95. The molecule has 9 heteroatoms. The summed E-state index contributed by atoms with van der Waals surface area (Å²) in [6.07, 6.45) is 2.49. The molecular weight excluding hydrogens is 428 g/mol. The van der Waals surface area contributed by atoms with Crippen LogP contribution >= 0.6 is 0 Å². The predicted molar refractivity (Wildman–Crippen MR) is 108 cm³/mol. The fourth-order valence-electron chi connectivity index (χ4n) is 5.04. The molecule has 4 rings (SSSR count). The minimum Gasteiger partial charge on any atom is -0.493 e. The Kier molecular flexibility index (Phi) is 5.46. The fraction of sp³-hybridized carbons (Fsp3) is 0.435. The summed E-state index contributed by atoms with van der Waals surface area (Å²) in [6, 6.07) is 3.64. The molecule has 2 aliphatic carbocycles. The molecule has 0 radical (unpaired) electrons. The number of ether oxygens (including phenoxy) is 1. The molecule has 2 saturated carbocycles. The first-order valence-electron chi connectivity index (χ1n) is 10.3. The van der Waals surface area contributed by atoms with E-state index in [0.29, 0.717) is 0 Å². The van der Waals surface area contributed by atoms with Gasteiger partial charge in [-0.05, 0) is 44.2 Å². The smallest absolute Gasteiger partial charge is 0.253 e. The SMILES string of the molecule is COc1c([C@@H]2C[C@@]3(CCC3(F)F)C[C@H]2C(=O)Nc2ccncc2C(C)=O)ccc(F)c1F. The highest BCUT2D eigenvalue weighted by Crippen LogP contribution is 2.67. The van der Waals surface area contributed by atoms with Crippen LogP contribution in [-0.2, 0) is 4.79 Å². The van der Waals surface area contributed by atoms with E-state index in [1.807, 2.05) is 0 Å². The third-order valence-corrected chi connectivity index (χ3v) is 6.88. The van der Waals surface area contributed by atoms with E-state index >= 15 is 0 Å². The second-order valence-electron chi connectivity index (χ2n) is 8.56. The molecule has 0 unspecified atom stereocenters. The van der Waals surface area contributed by atoms with Crippen molar-refractivity contribution in [2.45, 2.75) is 44.4 Å². The number of carbonyl (C=O) groups is 2. The minimum absolute atomic E-state index is 0.0601. The van der Waals surface area contributed by atoms with Gasteiger partial charge in [0.1, 0.15) is 0 Å². The van der Waals surface area contributed by atoms with Crippen LogP contribution in [0, 0.1) is 23.0 Å². The Hall–Kier alpha value is -2.97. The molecule has 1 spiro atoms. The maximum atomic E-state index is 14.6. The van der Waals surface area contributed by atoms with Gasteiger partial charge in [-0.1, -0.05) is 6.07 Å². The number of rotatable bonds is 5. The van der Waals surface area contributed by atoms with Gasteiger partial charge in [-0.2, -0.15) is 4.39 Å². The monoisotopic (exact) mass is 450 g/mol. The number of hydrogen-bond acceptors (Lipinski definition) is 4. The number of pyridine rings is 1. The number of alkyl halides is 2. The van der Waals surface area contributed by atoms with Gasteiger partial charge in [-0.25, -0.2) is 13.2 Å². The lowest BCUT2D eigenvalue weighted by molar-refractivity contribution is -0.200. The number of methoxy groups -OCH3 is 1. The van der Waals surface area contributed by atoms with Crippen molar-refractivity contribution in [2.24, 2.45) is 11.3 Å². The van der Waals surface area contributed by atoms with Crippen LogP contribution in [-0.4, -0.2) is 29.7 Å². The van der Waals surface area contributed by atoms with Gasteiger partial charge in [-0.15, -0.1) is 0 Å². The van der Waals surface area contributed by atoms with Gasteiger partial charge in [0.15, 0.2) is 17.3 Å². The molecule has 1 aromatic heterocycles. The van der Waals surface area contributed by atoms with Crippen LogP contribution in [0.5, 0.6) is 5.75 Å². The van der Waals surface area contributed by atoms with Gasteiger partial charge >= 0.3 is 0 Å². The third-order valence-electron chi connectivity index (χ3n) is 6.88. The van der Waals surface area contributed by atoms with Gasteiger partial charge in [0, 0.05) is 35.7 Å². The Bertz CT molecular complexity index is 1090. The van der Waals surface area contributed by atoms with Gasteiger partial charge in [-0.3, -0.25) is 14.6 Å². The highest BCUT2D eigenvalue weighted by Gasteiger charge is 2.67. The van der Waals surface area contributed by atoms with E-state index in [-0.39, 0.29) is 54.0 Å². The molecule has 170 valence electrons. The summed E-state index contributed by atoms with van der Waals surface area (Å²) in [6.45, 7) is 1.32. The molecule has 1 heterocycles. The average Bonchev–Trinajstić information content (AvgIpc) is 3.18. The van der Waals surface area contributed by atoms with E-state index < -0.39 is 40.7 Å². The highest BCUT2D eigenvalue weighted by molar-refractivity contribution is 6.04. The van der Waals surface area contributed by atoms with Gasteiger partial charge in [0.05, 0.1) is 18.4 Å². The van der Waals surface area contributed by atoms with Crippen LogP contribution in [0.3, 0.4) is 0 Å². The standard InChI is InChI=1S/C23H22F4N2O3/c1-12(30)16-11-28-8-5-18(16)29-21(31)15-10-22(6-7-23(22,26)27)9-14(15)13-3-4-17(24)19(25)20(13)32-2/h3-5,8,11,14-15H,6-7,9-10H2,1-2H3,(H,28,29,31)/t14-,15+,22-/m0/s1. The molecule has 2 aromatic rings. The summed E-state index contributed by atoms with van der Waals surface area (Å²) < 4.78 is 62.4. The number of nitrogens with one attached hydrogen (secondary N) is 1. The van der Waals surface area contributed by atoms with Crippen molar-refractivity contribution in [1.29, 1.82) is 0 Å². The van der Waals surface area contributed by atoms with Crippen molar-refractivity contribution >= 4 is 17.4 Å². The van der Waals surface area contributed by atoms with E-state index in [9.17, 15) is 27.2 Å². The number of amides is 1. The first kappa shape index (κ1) is 22.2. The Labute approximate surface area is 182 Å². The zero-order valence-corrected chi connectivity index (χ0v) is 17.6. The van der Waals surface area contributed by atoms with Crippen LogP contribution < -0.4 is 10.1 Å². The van der Waals surface area contributed by atoms with Crippen LogP contribution in [0.1, 0.15) is 54.4 Å². The first-order chi connectivity index (χ1) is 15.1. The topological polar surface area (TPSA) is 68.3 Å². The molecule has 32 heavy (non-hydrogen) atoms. The summed E-state index contributed by atoms with van der Waals surface area (Å²) in [5.41, 5.74) is -0.816. The normalized spacial score (nSPS) is 25.9. The molecule has 3 atom stereocenters. The summed E-state index contributed by atoms with van der Waals surface area (Å²) >= 11 is 0. The van der Waals surface area contributed by atoms with Crippen molar-refractivity contribution in [3.8, 4) is 5.75 Å². The Morgan fingerprint density at radius 2 is 1.91 bits per heavy atom. The lowest BCUT2D eigenvalue weighted by Crippen LogP contribution is -2.49. The zero-order chi connectivity index (χ0) is 23.3. The van der Waals surface area contributed by atoms with Gasteiger partial charge in [0.2, 0.25) is 11.7 Å². The van der Waals surface area contributed by atoms with Crippen molar-refractivity contribution in [2.75, 3.05) is 12.4 Å². The molecule has 1 aromatic carbocycles. The lowest BCUT2D eigenvalue weighted by atomic mass is 9.63. The molecule has 0 aliphatic heterocycles. The first-order valence-corrected chi connectivity index (χ1v) is 10.3. The number of halogens is 4. The van der Waals surface area contributed by atoms with Crippen molar-refractivity contribution in [3.63, 3.8) is 0 Å². The molecule has 1 amide bonds. The maximum absolute atomic E-state index is 14.6. The van der Waals surface area contributed by atoms with Crippen LogP contribution in [0.15, 0.2) is 30.6 Å². The van der Waals surface area contributed by atoms with Crippen molar-refractivity contribution in [1.82, 2.24) is 4.98 Å². The van der Waals surface area contributed by atoms with Crippen molar-refractivity contribution in [3.05, 3.63) is 53.4 Å². The Morgan fingerprint density at radius 1 is 1.16 bits per heavy atom. The molecule has 5 nitrogen and oxygen atoms in total. The quantitative estimate of drug-likeness (QED) is 0.507. The molecule has 0 bridgehead atoms. The summed E-state index contributed by atoms with van der Waals surface area (Å²) in [5.74, 6) is -8.35. The number of benzene rings is 1. The Morgan fingerprint density at radius 3 is 2.50 bits per heavy atom. The number of Topliss-reactive ketones (excluding diaryl/α,β-unsaturated/α-hetero) is 1. The Balaban J connectivity index is 1.73. The van der Waals surface area contributed by atoms with E-state index in [4.69, 9.17) is 4.74 Å².